The van der Waals surface area contributed by atoms with Crippen molar-refractivity contribution in [3.63, 3.8) is 0 Å². The Labute approximate surface area is 136 Å². The topological polar surface area (TPSA) is 55.8 Å². The zero-order valence-corrected chi connectivity index (χ0v) is 13.5. The van der Waals surface area contributed by atoms with Crippen LogP contribution in [-0.4, -0.2) is 23.8 Å². The molecule has 0 saturated heterocycles. The monoisotopic (exact) mass is 314 g/mol. The van der Waals surface area contributed by atoms with Gasteiger partial charge in [0.1, 0.15) is 12.4 Å². The molecule has 4 heteroatoms. The summed E-state index contributed by atoms with van der Waals surface area (Å²) in [7, 11) is 0. The van der Waals surface area contributed by atoms with E-state index in [0.29, 0.717) is 13.0 Å². The van der Waals surface area contributed by atoms with E-state index < -0.39 is 6.10 Å². The molecule has 0 radical (unpaired) electrons. The van der Waals surface area contributed by atoms with Crippen LogP contribution in [0.3, 0.4) is 0 Å². The zero-order chi connectivity index (χ0) is 16.7. The summed E-state index contributed by atoms with van der Waals surface area (Å²) in [6, 6.07) is 14.8. The van der Waals surface area contributed by atoms with Crippen molar-refractivity contribution in [2.45, 2.75) is 33.0 Å². The van der Waals surface area contributed by atoms with Gasteiger partial charge in [0.15, 0.2) is 6.10 Å². The van der Waals surface area contributed by atoms with Gasteiger partial charge >= 0.3 is 5.97 Å². The van der Waals surface area contributed by atoms with E-state index in [2.05, 4.69) is 0 Å². The molecule has 4 nitrogen and oxygen atoms in total. The molecule has 0 aromatic heterocycles. The molecule has 1 N–H and O–H groups in total. The quantitative estimate of drug-likeness (QED) is 0.796. The molecule has 1 unspecified atom stereocenters. The van der Waals surface area contributed by atoms with Gasteiger partial charge in [0.2, 0.25) is 0 Å². The van der Waals surface area contributed by atoms with Crippen molar-refractivity contribution in [3.05, 3.63) is 65.2 Å². The number of esters is 1. The molecule has 0 aliphatic heterocycles. The van der Waals surface area contributed by atoms with E-state index in [1.54, 1.807) is 12.1 Å². The van der Waals surface area contributed by atoms with Crippen LogP contribution < -0.4 is 0 Å². The summed E-state index contributed by atoms with van der Waals surface area (Å²) in [5.41, 5.74) is 2.64. The first-order valence-electron chi connectivity index (χ1n) is 7.70. The Morgan fingerprint density at radius 3 is 2.52 bits per heavy atom. The Morgan fingerprint density at radius 1 is 1.13 bits per heavy atom. The molecule has 2 aromatic carbocycles. The zero-order valence-electron chi connectivity index (χ0n) is 13.5. The summed E-state index contributed by atoms with van der Waals surface area (Å²) in [6.45, 7) is 4.34. The van der Waals surface area contributed by atoms with E-state index in [4.69, 9.17) is 9.47 Å². The van der Waals surface area contributed by atoms with Crippen LogP contribution in [0.15, 0.2) is 48.5 Å². The third kappa shape index (κ3) is 5.11. The first-order chi connectivity index (χ1) is 11.1. The predicted molar refractivity (Wildman–Crippen MR) is 88.2 cm³/mol. The molecule has 0 heterocycles. The molecule has 2 rings (SSSR count). The lowest BCUT2D eigenvalue weighted by atomic mass is 10.0. The summed E-state index contributed by atoms with van der Waals surface area (Å²) < 4.78 is 10.9. The van der Waals surface area contributed by atoms with E-state index in [9.17, 15) is 9.90 Å². The van der Waals surface area contributed by atoms with Crippen LogP contribution in [0.25, 0.3) is 0 Å². The molecule has 0 fully saturated rings. The number of carbonyl (C=O) groups is 1. The highest BCUT2D eigenvalue weighted by molar-refractivity contribution is 5.75. The van der Waals surface area contributed by atoms with Crippen molar-refractivity contribution in [3.8, 4) is 5.75 Å². The molecule has 23 heavy (non-hydrogen) atoms. The molecule has 122 valence electrons. The summed E-state index contributed by atoms with van der Waals surface area (Å²) in [5.74, 6) is -0.130. The SMILES string of the molecule is CCOC(Cc1ccc(O)c(C)c1)C(=O)OCc1ccccc1. The minimum atomic E-state index is -0.646. The number of hydrogen-bond acceptors (Lipinski definition) is 4. The minimum absolute atomic E-state index is 0.234. The maximum absolute atomic E-state index is 12.3. The maximum Gasteiger partial charge on any atom is 0.335 e. The minimum Gasteiger partial charge on any atom is -0.508 e. The Balaban J connectivity index is 1.99. The van der Waals surface area contributed by atoms with Gasteiger partial charge in [0.25, 0.3) is 0 Å². The Morgan fingerprint density at radius 2 is 1.87 bits per heavy atom. The second-order valence-corrected chi connectivity index (χ2v) is 5.36. The number of aromatic hydroxyl groups is 1. The normalized spacial score (nSPS) is 11.9. The first-order valence-corrected chi connectivity index (χ1v) is 7.70. The largest absolute Gasteiger partial charge is 0.508 e. The van der Waals surface area contributed by atoms with Crippen LogP contribution in [0.2, 0.25) is 0 Å². The van der Waals surface area contributed by atoms with Crippen molar-refractivity contribution < 1.29 is 19.4 Å². The standard InChI is InChI=1S/C19H22O4/c1-3-22-18(12-16-9-10-17(20)14(2)11-16)19(21)23-13-15-7-5-4-6-8-15/h4-11,18,20H,3,12-13H2,1-2H3. The third-order valence-corrected chi connectivity index (χ3v) is 3.54. The van der Waals surface area contributed by atoms with Crippen molar-refractivity contribution in [2.24, 2.45) is 0 Å². The van der Waals surface area contributed by atoms with Crippen molar-refractivity contribution in [2.75, 3.05) is 6.61 Å². The molecule has 2 aromatic rings. The molecule has 0 bridgehead atoms. The molecular weight excluding hydrogens is 292 g/mol. The van der Waals surface area contributed by atoms with Gasteiger partial charge in [-0.1, -0.05) is 42.5 Å². The maximum atomic E-state index is 12.3. The predicted octanol–water partition coefficient (Wildman–Crippen LogP) is 3.39. The molecule has 1 atom stereocenters. The first kappa shape index (κ1) is 17.0. The van der Waals surface area contributed by atoms with Gasteiger partial charge in [-0.25, -0.2) is 4.79 Å². The van der Waals surface area contributed by atoms with Crippen molar-refractivity contribution in [1.82, 2.24) is 0 Å². The Kier molecular flexibility index (Phi) is 6.18. The van der Waals surface area contributed by atoms with Crippen LogP contribution >= 0.6 is 0 Å². The average molecular weight is 314 g/mol. The van der Waals surface area contributed by atoms with E-state index in [1.807, 2.05) is 50.2 Å². The number of carbonyl (C=O) groups excluding carboxylic acids is 1. The number of ether oxygens (including phenoxy) is 2. The fourth-order valence-corrected chi connectivity index (χ4v) is 2.29. The number of benzene rings is 2. The van der Waals surface area contributed by atoms with Crippen LogP contribution in [0, 0.1) is 6.92 Å². The highest BCUT2D eigenvalue weighted by Gasteiger charge is 2.21. The van der Waals surface area contributed by atoms with Crippen LogP contribution in [-0.2, 0) is 27.3 Å². The van der Waals surface area contributed by atoms with Crippen LogP contribution in [0.4, 0.5) is 0 Å². The molecule has 0 amide bonds. The number of phenols is 1. The lowest BCUT2D eigenvalue weighted by molar-refractivity contribution is -0.158. The average Bonchev–Trinajstić information content (AvgIpc) is 2.56. The second kappa shape index (κ2) is 8.34. The Bertz CT molecular complexity index is 637. The lowest BCUT2D eigenvalue weighted by Crippen LogP contribution is -2.29. The number of phenolic OH excluding ortho intramolecular Hbond substituents is 1. The van der Waals surface area contributed by atoms with E-state index in [1.165, 1.54) is 0 Å². The summed E-state index contributed by atoms with van der Waals surface area (Å²) in [6.07, 6.45) is -0.226. The Hall–Kier alpha value is -2.33. The van der Waals surface area contributed by atoms with Crippen LogP contribution in [0.5, 0.6) is 5.75 Å². The molecular formula is C19H22O4. The lowest BCUT2D eigenvalue weighted by Gasteiger charge is -2.16. The van der Waals surface area contributed by atoms with E-state index in [0.717, 1.165) is 16.7 Å². The molecule has 0 saturated carbocycles. The summed E-state index contributed by atoms with van der Waals surface area (Å²) >= 11 is 0. The highest BCUT2D eigenvalue weighted by atomic mass is 16.6. The van der Waals surface area contributed by atoms with Gasteiger partial charge in [-0.3, -0.25) is 0 Å². The second-order valence-electron chi connectivity index (χ2n) is 5.36. The highest BCUT2D eigenvalue weighted by Crippen LogP contribution is 2.19. The van der Waals surface area contributed by atoms with Gasteiger partial charge < -0.3 is 14.6 Å². The molecule has 0 aliphatic rings. The van der Waals surface area contributed by atoms with E-state index in [-0.39, 0.29) is 18.3 Å². The number of aryl methyl sites for hydroxylation is 1. The van der Waals surface area contributed by atoms with Gasteiger partial charge in [-0.15, -0.1) is 0 Å². The smallest absolute Gasteiger partial charge is 0.335 e. The molecule has 0 spiro atoms. The van der Waals surface area contributed by atoms with Crippen molar-refractivity contribution >= 4 is 5.97 Å². The number of hydrogen-bond donors (Lipinski definition) is 1. The number of rotatable bonds is 7. The summed E-state index contributed by atoms with van der Waals surface area (Å²) in [5, 5.41) is 9.58. The third-order valence-electron chi connectivity index (χ3n) is 3.54. The fraction of sp³-hybridized carbons (Fsp3) is 0.316. The van der Waals surface area contributed by atoms with Crippen LogP contribution in [0.1, 0.15) is 23.6 Å². The van der Waals surface area contributed by atoms with Gasteiger partial charge in [-0.2, -0.15) is 0 Å². The fourth-order valence-electron chi connectivity index (χ4n) is 2.29. The van der Waals surface area contributed by atoms with Gasteiger partial charge in [0.05, 0.1) is 0 Å². The van der Waals surface area contributed by atoms with Crippen molar-refractivity contribution in [1.29, 1.82) is 0 Å². The molecule has 0 aliphatic carbocycles. The van der Waals surface area contributed by atoms with Gasteiger partial charge in [-0.05, 0) is 36.6 Å². The van der Waals surface area contributed by atoms with E-state index >= 15 is 0 Å². The summed E-state index contributed by atoms with van der Waals surface area (Å²) in [4.78, 5) is 12.3. The van der Waals surface area contributed by atoms with Gasteiger partial charge in [0, 0.05) is 13.0 Å².